The average molecular weight is 329 g/mol. The van der Waals surface area contributed by atoms with Crippen LogP contribution in [0, 0.1) is 6.92 Å². The van der Waals surface area contributed by atoms with Crippen molar-refractivity contribution in [2.75, 3.05) is 13.7 Å². The third-order valence-corrected chi connectivity index (χ3v) is 4.77. The zero-order valence-corrected chi connectivity index (χ0v) is 14.2. The van der Waals surface area contributed by atoms with Crippen LogP contribution < -0.4 is 4.74 Å². The predicted molar refractivity (Wildman–Crippen MR) is 89.9 cm³/mol. The lowest BCUT2D eigenvalue weighted by Gasteiger charge is -2.36. The monoisotopic (exact) mass is 329 g/mol. The number of nitrogens with one attached hydrogen (secondary N) is 1. The summed E-state index contributed by atoms with van der Waals surface area (Å²) in [6, 6.07) is 7.06. The highest BCUT2D eigenvalue weighted by Gasteiger charge is 2.43. The second-order valence-electron chi connectivity index (χ2n) is 6.41. The number of H-pyrrole nitrogens is 1. The molecular formula is C18H23N3O3. The molecule has 1 saturated heterocycles. The Labute approximate surface area is 141 Å². The van der Waals surface area contributed by atoms with Gasteiger partial charge < -0.3 is 19.7 Å². The molecule has 2 N–H and O–H groups in total. The highest BCUT2D eigenvalue weighted by atomic mass is 16.5. The maximum Gasteiger partial charge on any atom is 0.272 e. The average Bonchev–Trinajstić information content (AvgIpc) is 3.23. The molecule has 1 aliphatic heterocycles. The topological polar surface area (TPSA) is 78.5 Å². The number of aromatic nitrogens is 2. The van der Waals surface area contributed by atoms with Crippen LogP contribution in [0.1, 0.15) is 41.6 Å². The number of nitrogens with zero attached hydrogens (tertiary/aromatic N) is 2. The van der Waals surface area contributed by atoms with Gasteiger partial charge in [0.25, 0.3) is 5.91 Å². The van der Waals surface area contributed by atoms with Gasteiger partial charge in [-0.3, -0.25) is 4.79 Å². The lowest BCUT2D eigenvalue weighted by Crippen LogP contribution is -2.48. The maximum absolute atomic E-state index is 12.8. The van der Waals surface area contributed by atoms with Crippen LogP contribution in [0.4, 0.5) is 0 Å². The Kier molecular flexibility index (Phi) is 4.32. The lowest BCUT2D eigenvalue weighted by molar-refractivity contribution is -0.0179. The van der Waals surface area contributed by atoms with Gasteiger partial charge in [-0.15, -0.1) is 0 Å². The summed E-state index contributed by atoms with van der Waals surface area (Å²) in [4.78, 5) is 21.6. The minimum atomic E-state index is -1.13. The van der Waals surface area contributed by atoms with Gasteiger partial charge in [-0.05, 0) is 44.4 Å². The second-order valence-corrected chi connectivity index (χ2v) is 6.41. The molecule has 2 atom stereocenters. The van der Waals surface area contributed by atoms with E-state index in [0.29, 0.717) is 18.1 Å². The Morgan fingerprint density at radius 3 is 2.71 bits per heavy atom. The normalized spacial score (nSPS) is 20.0. The van der Waals surface area contributed by atoms with Crippen LogP contribution >= 0.6 is 0 Å². The number of imidazole rings is 1. The van der Waals surface area contributed by atoms with E-state index in [1.54, 1.807) is 25.1 Å². The molecule has 1 amide bonds. The van der Waals surface area contributed by atoms with Crippen molar-refractivity contribution in [1.29, 1.82) is 0 Å². The number of methoxy groups -OCH3 is 1. The summed E-state index contributed by atoms with van der Waals surface area (Å²) in [5.41, 5.74) is 0.103. The number of hydrogen-bond donors (Lipinski definition) is 2. The van der Waals surface area contributed by atoms with E-state index < -0.39 is 5.60 Å². The van der Waals surface area contributed by atoms with Crippen molar-refractivity contribution in [2.24, 2.45) is 0 Å². The third-order valence-electron chi connectivity index (χ3n) is 4.77. The highest BCUT2D eigenvalue weighted by Crippen LogP contribution is 2.35. The SMILES string of the molecule is COc1ccc([C@](C)(O)[C@H]2CCCN2C(=O)c2cnc(C)[nH]2)cc1. The molecule has 3 rings (SSSR count). The Morgan fingerprint density at radius 1 is 1.42 bits per heavy atom. The summed E-state index contributed by atoms with van der Waals surface area (Å²) in [7, 11) is 1.61. The van der Waals surface area contributed by atoms with Crippen LogP contribution in [0.25, 0.3) is 0 Å². The molecule has 1 fully saturated rings. The molecule has 0 bridgehead atoms. The smallest absolute Gasteiger partial charge is 0.272 e. The van der Waals surface area contributed by atoms with Crippen LogP contribution in [0.3, 0.4) is 0 Å². The van der Waals surface area contributed by atoms with Gasteiger partial charge in [0.2, 0.25) is 0 Å². The molecule has 6 heteroatoms. The van der Waals surface area contributed by atoms with Crippen LogP contribution in [-0.4, -0.2) is 45.6 Å². The number of likely N-dealkylation sites (tertiary alicyclic amines) is 1. The number of aliphatic hydroxyl groups is 1. The van der Waals surface area contributed by atoms with Crippen molar-refractivity contribution in [3.63, 3.8) is 0 Å². The Balaban J connectivity index is 1.86. The van der Waals surface area contributed by atoms with Crippen LogP contribution in [0.5, 0.6) is 5.75 Å². The first-order chi connectivity index (χ1) is 11.4. The molecule has 1 aromatic heterocycles. The lowest BCUT2D eigenvalue weighted by atomic mass is 9.86. The van der Waals surface area contributed by atoms with E-state index in [4.69, 9.17) is 4.74 Å². The Bertz CT molecular complexity index is 721. The van der Waals surface area contributed by atoms with E-state index in [9.17, 15) is 9.90 Å². The van der Waals surface area contributed by atoms with Gasteiger partial charge in [-0.25, -0.2) is 4.98 Å². The number of rotatable bonds is 4. The van der Waals surface area contributed by atoms with Crippen LogP contribution in [-0.2, 0) is 5.60 Å². The molecule has 0 radical (unpaired) electrons. The second kappa shape index (κ2) is 6.28. The number of amides is 1. The van der Waals surface area contributed by atoms with Gasteiger partial charge in [0, 0.05) is 6.54 Å². The Hall–Kier alpha value is -2.34. The number of carbonyl (C=O) groups excluding carboxylic acids is 1. The molecule has 2 heterocycles. The fourth-order valence-corrected chi connectivity index (χ4v) is 3.40. The zero-order valence-electron chi connectivity index (χ0n) is 14.2. The molecule has 128 valence electrons. The zero-order chi connectivity index (χ0) is 17.3. The fourth-order valence-electron chi connectivity index (χ4n) is 3.40. The van der Waals surface area contributed by atoms with E-state index in [-0.39, 0.29) is 11.9 Å². The highest BCUT2D eigenvalue weighted by molar-refractivity contribution is 5.92. The molecular weight excluding hydrogens is 306 g/mol. The summed E-state index contributed by atoms with van der Waals surface area (Å²) in [5, 5.41) is 11.2. The molecule has 6 nitrogen and oxygen atoms in total. The van der Waals surface area contributed by atoms with E-state index >= 15 is 0 Å². The molecule has 24 heavy (non-hydrogen) atoms. The first kappa shape index (κ1) is 16.5. The van der Waals surface area contributed by atoms with Gasteiger partial charge in [-0.1, -0.05) is 12.1 Å². The molecule has 0 unspecified atom stereocenters. The summed E-state index contributed by atoms with van der Waals surface area (Å²) in [6.07, 6.45) is 3.18. The number of ether oxygens (including phenoxy) is 1. The Morgan fingerprint density at radius 2 is 2.12 bits per heavy atom. The molecule has 1 aliphatic rings. The first-order valence-electron chi connectivity index (χ1n) is 8.13. The quantitative estimate of drug-likeness (QED) is 0.902. The maximum atomic E-state index is 12.8. The number of aromatic amines is 1. The summed E-state index contributed by atoms with van der Waals surface area (Å²) >= 11 is 0. The van der Waals surface area contributed by atoms with E-state index in [1.807, 2.05) is 31.2 Å². The van der Waals surface area contributed by atoms with Gasteiger partial charge in [-0.2, -0.15) is 0 Å². The summed E-state index contributed by atoms with van der Waals surface area (Å²) in [5.74, 6) is 1.32. The largest absolute Gasteiger partial charge is 0.497 e. The third kappa shape index (κ3) is 2.89. The summed E-state index contributed by atoms with van der Waals surface area (Å²) < 4.78 is 5.17. The molecule has 1 aromatic carbocycles. The van der Waals surface area contributed by atoms with E-state index in [2.05, 4.69) is 9.97 Å². The minimum Gasteiger partial charge on any atom is -0.497 e. The van der Waals surface area contributed by atoms with Crippen molar-refractivity contribution in [3.05, 3.63) is 47.5 Å². The van der Waals surface area contributed by atoms with E-state index in [0.717, 1.165) is 24.2 Å². The first-order valence-corrected chi connectivity index (χ1v) is 8.13. The van der Waals surface area contributed by atoms with Crippen molar-refractivity contribution >= 4 is 5.91 Å². The van der Waals surface area contributed by atoms with Gasteiger partial charge in [0.15, 0.2) is 0 Å². The fraction of sp³-hybridized carbons (Fsp3) is 0.444. The number of hydrogen-bond acceptors (Lipinski definition) is 4. The van der Waals surface area contributed by atoms with Crippen molar-refractivity contribution in [3.8, 4) is 5.75 Å². The van der Waals surface area contributed by atoms with Crippen molar-refractivity contribution in [2.45, 2.75) is 38.3 Å². The van der Waals surface area contributed by atoms with Gasteiger partial charge in [0.1, 0.15) is 22.9 Å². The number of benzene rings is 1. The van der Waals surface area contributed by atoms with Gasteiger partial charge in [0.05, 0.1) is 19.3 Å². The van der Waals surface area contributed by atoms with Crippen LogP contribution in [0.2, 0.25) is 0 Å². The van der Waals surface area contributed by atoms with E-state index in [1.165, 1.54) is 0 Å². The molecule has 2 aromatic rings. The van der Waals surface area contributed by atoms with Gasteiger partial charge >= 0.3 is 0 Å². The minimum absolute atomic E-state index is 0.119. The number of carbonyl (C=O) groups is 1. The molecule has 0 saturated carbocycles. The number of aryl methyl sites for hydroxylation is 1. The molecule has 0 spiro atoms. The predicted octanol–water partition coefficient (Wildman–Crippen LogP) is 2.24. The van der Waals surface area contributed by atoms with Crippen molar-refractivity contribution < 1.29 is 14.6 Å². The van der Waals surface area contributed by atoms with Crippen LogP contribution in [0.15, 0.2) is 30.5 Å². The van der Waals surface area contributed by atoms with Crippen molar-refractivity contribution in [1.82, 2.24) is 14.9 Å². The standard InChI is InChI=1S/C18H23N3O3/c1-12-19-11-15(20-12)17(22)21-10-4-5-16(21)18(2,23)13-6-8-14(24-3)9-7-13/h6-9,11,16,23H,4-5,10H2,1-3H3,(H,19,20)/t16-,18+/m1/s1. The molecule has 0 aliphatic carbocycles. The summed E-state index contributed by atoms with van der Waals surface area (Å²) in [6.45, 7) is 4.21.